The molecule has 3 nitrogen and oxygen atoms in total. The Morgan fingerprint density at radius 1 is 1.14 bits per heavy atom. The topological polar surface area (TPSA) is 38.3 Å². The zero-order valence-electron chi connectivity index (χ0n) is 11.7. The molecule has 0 aliphatic rings. The molecule has 0 aliphatic heterocycles. The predicted octanol–water partition coefficient (Wildman–Crippen LogP) is 4.01. The van der Waals surface area contributed by atoms with Crippen molar-refractivity contribution in [1.29, 1.82) is 0 Å². The highest BCUT2D eigenvalue weighted by molar-refractivity contribution is 6.30. The van der Waals surface area contributed by atoms with Crippen LogP contribution in [0.4, 0.5) is 5.69 Å². The monoisotopic (exact) mass is 301 g/mol. The van der Waals surface area contributed by atoms with Gasteiger partial charge < -0.3 is 10.1 Å². The Labute approximate surface area is 129 Å². The number of nitrogens with one attached hydrogen (secondary N) is 1. The summed E-state index contributed by atoms with van der Waals surface area (Å²) in [7, 11) is 1.38. The van der Waals surface area contributed by atoms with Crippen molar-refractivity contribution in [2.45, 2.75) is 0 Å². The van der Waals surface area contributed by atoms with Gasteiger partial charge in [-0.15, -0.1) is 0 Å². The van der Waals surface area contributed by atoms with Gasteiger partial charge in [-0.1, -0.05) is 41.9 Å². The molecule has 2 aromatic carbocycles. The van der Waals surface area contributed by atoms with E-state index in [1.54, 1.807) is 12.1 Å². The van der Waals surface area contributed by atoms with E-state index in [1.165, 1.54) is 7.11 Å². The summed E-state index contributed by atoms with van der Waals surface area (Å²) in [5.74, 6) is -0.347. The Kier molecular flexibility index (Phi) is 5.41. The van der Waals surface area contributed by atoms with Gasteiger partial charge in [-0.3, -0.25) is 0 Å². The summed E-state index contributed by atoms with van der Waals surface area (Å²) in [6.45, 7) is 0.378. The van der Waals surface area contributed by atoms with Crippen molar-refractivity contribution in [2.24, 2.45) is 0 Å². The Morgan fingerprint density at radius 2 is 1.81 bits per heavy atom. The maximum atomic E-state index is 11.8. The average molecular weight is 302 g/mol. The van der Waals surface area contributed by atoms with Gasteiger partial charge in [0.15, 0.2) is 0 Å². The number of rotatable bonds is 5. The fourth-order valence-corrected chi connectivity index (χ4v) is 1.95. The van der Waals surface area contributed by atoms with Gasteiger partial charge in [-0.05, 0) is 35.9 Å². The van der Waals surface area contributed by atoms with Gasteiger partial charge in [0, 0.05) is 17.3 Å². The van der Waals surface area contributed by atoms with Crippen LogP contribution in [0.15, 0.2) is 60.2 Å². The van der Waals surface area contributed by atoms with E-state index in [4.69, 9.17) is 16.3 Å². The molecule has 0 saturated carbocycles. The molecule has 0 aromatic heterocycles. The second-order valence-electron chi connectivity index (χ2n) is 4.43. The van der Waals surface area contributed by atoms with Gasteiger partial charge >= 0.3 is 5.97 Å². The average Bonchev–Trinajstić information content (AvgIpc) is 2.53. The van der Waals surface area contributed by atoms with E-state index in [2.05, 4.69) is 5.32 Å². The second kappa shape index (κ2) is 7.50. The molecule has 2 aromatic rings. The normalized spacial score (nSPS) is 11.0. The number of benzene rings is 2. The third-order valence-corrected chi connectivity index (χ3v) is 3.17. The standard InChI is InChI=1S/C17H16ClNO2/c1-21-17(20)14(11-13-5-3-2-4-6-13)12-19-16-9-7-15(18)8-10-16/h2-11,19H,12H2,1H3/b14-11+. The van der Waals surface area contributed by atoms with Crippen LogP contribution in [0.1, 0.15) is 5.56 Å². The van der Waals surface area contributed by atoms with E-state index in [1.807, 2.05) is 48.5 Å². The van der Waals surface area contributed by atoms with Crippen LogP contribution in [-0.2, 0) is 9.53 Å². The summed E-state index contributed by atoms with van der Waals surface area (Å²) in [5, 5.41) is 3.85. The van der Waals surface area contributed by atoms with E-state index in [0.717, 1.165) is 11.3 Å². The fourth-order valence-electron chi connectivity index (χ4n) is 1.83. The number of carbonyl (C=O) groups excluding carboxylic acids is 1. The maximum absolute atomic E-state index is 11.8. The van der Waals surface area contributed by atoms with Gasteiger partial charge in [-0.25, -0.2) is 4.79 Å². The number of anilines is 1. The molecule has 0 amide bonds. The van der Waals surface area contributed by atoms with Crippen LogP contribution in [0.3, 0.4) is 0 Å². The molecule has 0 unspecified atom stereocenters. The highest BCUT2D eigenvalue weighted by atomic mass is 35.5. The number of esters is 1. The molecule has 21 heavy (non-hydrogen) atoms. The third kappa shape index (κ3) is 4.65. The van der Waals surface area contributed by atoms with Crippen molar-refractivity contribution in [1.82, 2.24) is 0 Å². The SMILES string of the molecule is COC(=O)/C(=C/c1ccccc1)CNc1ccc(Cl)cc1. The molecule has 4 heteroatoms. The molecule has 0 spiro atoms. The van der Waals surface area contributed by atoms with Crippen LogP contribution < -0.4 is 5.32 Å². The first-order valence-electron chi connectivity index (χ1n) is 6.52. The van der Waals surface area contributed by atoms with Crippen molar-refractivity contribution in [3.05, 3.63) is 70.8 Å². The highest BCUT2D eigenvalue weighted by Gasteiger charge is 2.09. The van der Waals surface area contributed by atoms with Gasteiger partial charge in [0.1, 0.15) is 0 Å². The molecule has 0 bridgehead atoms. The second-order valence-corrected chi connectivity index (χ2v) is 4.87. The lowest BCUT2D eigenvalue weighted by molar-refractivity contribution is -0.135. The van der Waals surface area contributed by atoms with E-state index in [9.17, 15) is 4.79 Å². The van der Waals surface area contributed by atoms with E-state index < -0.39 is 0 Å². The summed E-state index contributed by atoms with van der Waals surface area (Å²) >= 11 is 5.84. The lowest BCUT2D eigenvalue weighted by atomic mass is 10.1. The minimum atomic E-state index is -0.347. The molecular formula is C17H16ClNO2. The van der Waals surface area contributed by atoms with Crippen LogP contribution >= 0.6 is 11.6 Å². The summed E-state index contributed by atoms with van der Waals surface area (Å²) in [4.78, 5) is 11.8. The van der Waals surface area contributed by atoms with Crippen molar-refractivity contribution < 1.29 is 9.53 Å². The molecular weight excluding hydrogens is 286 g/mol. The molecule has 0 radical (unpaired) electrons. The lowest BCUT2D eigenvalue weighted by Gasteiger charge is -2.09. The van der Waals surface area contributed by atoms with Gasteiger partial charge in [-0.2, -0.15) is 0 Å². The molecule has 108 valence electrons. The van der Waals surface area contributed by atoms with E-state index >= 15 is 0 Å². The van der Waals surface area contributed by atoms with Crippen molar-refractivity contribution in [2.75, 3.05) is 19.0 Å². The Morgan fingerprint density at radius 3 is 2.43 bits per heavy atom. The Hall–Kier alpha value is -2.26. The zero-order chi connectivity index (χ0) is 15.1. The smallest absolute Gasteiger partial charge is 0.335 e. The minimum Gasteiger partial charge on any atom is -0.466 e. The first-order chi connectivity index (χ1) is 10.2. The van der Waals surface area contributed by atoms with E-state index in [0.29, 0.717) is 17.1 Å². The first kappa shape index (κ1) is 15.1. The third-order valence-electron chi connectivity index (χ3n) is 2.92. The number of carbonyl (C=O) groups is 1. The molecule has 0 atom stereocenters. The molecule has 2 rings (SSSR count). The largest absolute Gasteiger partial charge is 0.466 e. The summed E-state index contributed by atoms with van der Waals surface area (Å²) in [6.07, 6.45) is 1.81. The first-order valence-corrected chi connectivity index (χ1v) is 6.90. The number of hydrogen-bond donors (Lipinski definition) is 1. The Bertz CT molecular complexity index is 621. The van der Waals surface area contributed by atoms with Crippen molar-refractivity contribution >= 4 is 29.3 Å². The van der Waals surface area contributed by atoms with Gasteiger partial charge in [0.05, 0.1) is 12.7 Å². The Balaban J connectivity index is 2.12. The van der Waals surface area contributed by atoms with Crippen LogP contribution in [-0.4, -0.2) is 19.6 Å². The van der Waals surface area contributed by atoms with Crippen LogP contribution in [0.25, 0.3) is 6.08 Å². The van der Waals surface area contributed by atoms with Gasteiger partial charge in [0.2, 0.25) is 0 Å². The lowest BCUT2D eigenvalue weighted by Crippen LogP contribution is -2.14. The molecule has 1 N–H and O–H groups in total. The summed E-state index contributed by atoms with van der Waals surface area (Å²) in [5.41, 5.74) is 2.40. The van der Waals surface area contributed by atoms with Gasteiger partial charge in [0.25, 0.3) is 0 Å². The molecule has 0 fully saturated rings. The number of halogens is 1. The summed E-state index contributed by atoms with van der Waals surface area (Å²) in [6, 6.07) is 17.0. The minimum absolute atomic E-state index is 0.347. The quantitative estimate of drug-likeness (QED) is 0.670. The molecule has 0 heterocycles. The summed E-state index contributed by atoms with van der Waals surface area (Å²) < 4.78 is 4.82. The van der Waals surface area contributed by atoms with Crippen molar-refractivity contribution in [3.8, 4) is 0 Å². The van der Waals surface area contributed by atoms with Crippen LogP contribution in [0.2, 0.25) is 5.02 Å². The van der Waals surface area contributed by atoms with Crippen LogP contribution in [0, 0.1) is 0 Å². The molecule has 0 aliphatic carbocycles. The predicted molar refractivity (Wildman–Crippen MR) is 86.4 cm³/mol. The number of hydrogen-bond acceptors (Lipinski definition) is 3. The van der Waals surface area contributed by atoms with Crippen LogP contribution in [0.5, 0.6) is 0 Å². The van der Waals surface area contributed by atoms with E-state index in [-0.39, 0.29) is 5.97 Å². The van der Waals surface area contributed by atoms with Crippen molar-refractivity contribution in [3.63, 3.8) is 0 Å². The number of ether oxygens (including phenoxy) is 1. The fraction of sp³-hybridized carbons (Fsp3) is 0.118. The maximum Gasteiger partial charge on any atom is 0.335 e. The molecule has 0 saturated heterocycles. The highest BCUT2D eigenvalue weighted by Crippen LogP contribution is 2.15. The number of methoxy groups -OCH3 is 1. The zero-order valence-corrected chi connectivity index (χ0v) is 12.4.